The van der Waals surface area contributed by atoms with Gasteiger partial charge in [-0.1, -0.05) is 60.7 Å². The predicted octanol–water partition coefficient (Wildman–Crippen LogP) is 12.1. The molecule has 0 fully saturated rings. The molecule has 0 heterocycles. The van der Waals surface area contributed by atoms with Crippen molar-refractivity contribution in [3.05, 3.63) is 71.8 Å². The first kappa shape index (κ1) is 38.9. The summed E-state index contributed by atoms with van der Waals surface area (Å²) in [5.74, 6) is 0. The van der Waals surface area contributed by atoms with Crippen molar-refractivity contribution in [3.8, 4) is 0 Å². The normalized spacial score (nSPS) is 12.8. The van der Waals surface area contributed by atoms with Crippen molar-refractivity contribution in [2.45, 2.75) is 167 Å². The van der Waals surface area contributed by atoms with Crippen LogP contribution >= 0.6 is 7.28 Å². The van der Waals surface area contributed by atoms with Crippen molar-refractivity contribution in [1.82, 2.24) is 0 Å². The molecule has 0 unspecified atom stereocenters. The molecule has 0 aliphatic rings. The first-order valence-electron chi connectivity index (χ1n) is 18.8. The summed E-state index contributed by atoms with van der Waals surface area (Å²) in [4.78, 5) is 31.5. The van der Waals surface area contributed by atoms with Gasteiger partial charge in [-0.25, -0.2) is 0 Å². The fourth-order valence-corrected chi connectivity index (χ4v) is 8.43. The van der Waals surface area contributed by atoms with Gasteiger partial charge in [-0.2, -0.15) is 0 Å². The Morgan fingerprint density at radius 1 is 0.295 bits per heavy atom. The number of benzene rings is 2. The molecule has 2 aromatic carbocycles. The molecule has 0 saturated heterocycles. The molecule has 0 bridgehead atoms. The van der Waals surface area contributed by atoms with E-state index in [1.165, 1.54) is 140 Å². The summed E-state index contributed by atoms with van der Waals surface area (Å²) in [7, 11) is -4.42. The molecular weight excluding hydrogens is 559 g/mol. The van der Waals surface area contributed by atoms with E-state index in [0.29, 0.717) is 0 Å². The summed E-state index contributed by atoms with van der Waals surface area (Å²) in [6.45, 7) is 0. The molecule has 0 amide bonds. The maximum atomic E-state index is 10.5. The van der Waals surface area contributed by atoms with E-state index in [0.717, 1.165) is 38.5 Å². The minimum atomic E-state index is -4.42. The minimum absolute atomic E-state index is 0.197. The van der Waals surface area contributed by atoms with E-state index in [2.05, 4.69) is 60.7 Å². The zero-order chi connectivity index (χ0) is 31.5. The molecule has 0 aliphatic carbocycles. The number of hydrogen-bond acceptors (Lipinski definition) is 3. The third-order valence-electron chi connectivity index (χ3n) is 9.35. The van der Waals surface area contributed by atoms with E-state index in [1.807, 2.05) is 0 Å². The Kier molecular flexibility index (Phi) is 22.0. The minimum Gasteiger partial charge on any atom is -0.0622 e. The van der Waals surface area contributed by atoms with Gasteiger partial charge in [0, 0.05) is 0 Å². The summed E-state index contributed by atoms with van der Waals surface area (Å²) < 4.78 is 0. The molecule has 3 nitrogen and oxygen atoms in total. The zero-order valence-corrected chi connectivity index (χ0v) is 29.3. The monoisotopic (exact) mass is 628 g/mol. The summed E-state index contributed by atoms with van der Waals surface area (Å²) in [6.07, 6.45) is 32.4. The Hall–Kier alpha value is -1.25. The summed E-state index contributed by atoms with van der Waals surface area (Å²) in [6, 6.07) is 21.6. The van der Waals surface area contributed by atoms with Crippen LogP contribution in [0.4, 0.5) is 0 Å². The molecule has 4 heteroatoms. The maximum absolute atomic E-state index is 10.5. The van der Waals surface area contributed by atoms with Gasteiger partial charge >= 0.3 is 176 Å². The molecule has 0 spiro atoms. The van der Waals surface area contributed by atoms with Crippen LogP contribution in [0.5, 0.6) is 0 Å². The van der Waals surface area contributed by atoms with Crippen molar-refractivity contribution < 1.29 is 14.7 Å². The van der Waals surface area contributed by atoms with E-state index in [1.54, 1.807) is 0 Å². The van der Waals surface area contributed by atoms with Gasteiger partial charge in [-0.15, -0.1) is 0 Å². The van der Waals surface area contributed by atoms with Gasteiger partial charge in [0.1, 0.15) is 0 Å². The molecule has 252 valence electrons. The van der Waals surface area contributed by atoms with Crippen LogP contribution in [-0.4, -0.2) is 27.0 Å². The third kappa shape index (κ3) is 23.1. The Balaban J connectivity index is 1.28. The number of unbranched alkanes of at least 4 members (excludes halogenated alkanes) is 22. The Morgan fingerprint density at radius 2 is 0.523 bits per heavy atom. The summed E-state index contributed by atoms with van der Waals surface area (Å²) in [5, 5.41) is 0. The predicted molar refractivity (Wildman–Crippen MR) is 194 cm³/mol. The van der Waals surface area contributed by atoms with Crippen LogP contribution in [0.3, 0.4) is 0 Å². The SMILES string of the molecule is OP(O)(O)(CCCCCCCCCCCCCCc1ccccc1)CCCCCCCCCCCCCCc1ccccc1. The van der Waals surface area contributed by atoms with Crippen LogP contribution in [0, 0.1) is 0 Å². The quantitative estimate of drug-likeness (QED) is 0.0596. The molecule has 2 aromatic rings. The molecule has 0 atom stereocenters. The number of aryl methyl sites for hydroxylation is 2. The van der Waals surface area contributed by atoms with Crippen LogP contribution in [0.1, 0.15) is 165 Å². The van der Waals surface area contributed by atoms with Crippen LogP contribution < -0.4 is 0 Å². The van der Waals surface area contributed by atoms with Crippen molar-refractivity contribution >= 4 is 7.28 Å². The van der Waals surface area contributed by atoms with Gasteiger partial charge in [-0.3, -0.25) is 0 Å². The van der Waals surface area contributed by atoms with Crippen molar-refractivity contribution in [3.63, 3.8) is 0 Å². The van der Waals surface area contributed by atoms with Gasteiger partial charge in [0.2, 0.25) is 0 Å². The van der Waals surface area contributed by atoms with Gasteiger partial charge in [-0.05, 0) is 36.8 Å². The molecule has 0 aromatic heterocycles. The standard InChI is InChI=1S/C40H69O3P/c41-44(42,43,37-29-19-15-11-7-3-1-5-9-13-17-23-31-39-33-25-21-26-34-39)38-30-20-16-12-8-4-2-6-10-14-18-24-32-40-35-27-22-28-36-40/h21-22,25-28,33-36,41-43H,1-20,23-24,29-32,37-38H2. The first-order chi connectivity index (χ1) is 21.4. The second-order valence-corrected chi connectivity index (χ2v) is 17.3. The van der Waals surface area contributed by atoms with Gasteiger partial charge < -0.3 is 0 Å². The smallest absolute Gasteiger partial charge is 0.0622 e. The second kappa shape index (κ2) is 24.9. The average molecular weight is 629 g/mol. The first-order valence-corrected chi connectivity index (χ1v) is 21.2. The van der Waals surface area contributed by atoms with E-state index in [-0.39, 0.29) is 12.3 Å². The van der Waals surface area contributed by atoms with Gasteiger partial charge in [0.15, 0.2) is 0 Å². The number of hydrogen-bond donors (Lipinski definition) is 3. The van der Waals surface area contributed by atoms with E-state index >= 15 is 0 Å². The topological polar surface area (TPSA) is 60.7 Å². The molecule has 0 saturated carbocycles. The zero-order valence-electron chi connectivity index (χ0n) is 28.4. The Morgan fingerprint density at radius 3 is 0.795 bits per heavy atom. The fraction of sp³-hybridized carbons (Fsp3) is 0.700. The van der Waals surface area contributed by atoms with E-state index < -0.39 is 7.28 Å². The Bertz CT molecular complexity index is 822. The van der Waals surface area contributed by atoms with Crippen LogP contribution in [0.2, 0.25) is 0 Å². The van der Waals surface area contributed by atoms with Crippen molar-refractivity contribution in [2.24, 2.45) is 0 Å². The number of rotatable bonds is 30. The van der Waals surface area contributed by atoms with Crippen LogP contribution in [0.25, 0.3) is 0 Å². The van der Waals surface area contributed by atoms with Gasteiger partial charge in [0.05, 0.1) is 0 Å². The molecule has 0 radical (unpaired) electrons. The third-order valence-corrected chi connectivity index (χ3v) is 11.8. The van der Waals surface area contributed by atoms with Gasteiger partial charge in [0.25, 0.3) is 0 Å². The Labute approximate surface area is 272 Å². The molecule has 3 N–H and O–H groups in total. The molecule has 2 rings (SSSR count). The summed E-state index contributed by atoms with van der Waals surface area (Å²) >= 11 is 0. The van der Waals surface area contributed by atoms with Crippen molar-refractivity contribution in [1.29, 1.82) is 0 Å². The average Bonchev–Trinajstić information content (AvgIpc) is 3.02. The second-order valence-electron chi connectivity index (χ2n) is 13.7. The summed E-state index contributed by atoms with van der Waals surface area (Å²) in [5.41, 5.74) is 2.93. The molecule has 0 aliphatic heterocycles. The fourth-order valence-electron chi connectivity index (χ4n) is 6.47. The van der Waals surface area contributed by atoms with Crippen LogP contribution in [0.15, 0.2) is 60.7 Å². The molecular formula is C40H69O3P. The van der Waals surface area contributed by atoms with Crippen molar-refractivity contribution in [2.75, 3.05) is 12.3 Å². The molecule has 44 heavy (non-hydrogen) atoms. The van der Waals surface area contributed by atoms with E-state index in [9.17, 15) is 14.7 Å². The van der Waals surface area contributed by atoms with Crippen LogP contribution in [-0.2, 0) is 12.8 Å². The van der Waals surface area contributed by atoms with E-state index in [4.69, 9.17) is 0 Å².